The van der Waals surface area contributed by atoms with Crippen molar-refractivity contribution in [3.63, 3.8) is 0 Å². The molecule has 0 saturated heterocycles. The Labute approximate surface area is 116 Å². The molecule has 1 aromatic rings. The van der Waals surface area contributed by atoms with Crippen LogP contribution in [0.4, 0.5) is 5.69 Å². The lowest BCUT2D eigenvalue weighted by atomic mass is 10.4. The van der Waals surface area contributed by atoms with Crippen LogP contribution in [0.1, 0.15) is 0 Å². The summed E-state index contributed by atoms with van der Waals surface area (Å²) >= 11 is 0. The number of pyridine rings is 1. The van der Waals surface area contributed by atoms with Gasteiger partial charge in [-0.05, 0) is 13.1 Å². The number of carbonyl (C=O) groups is 1. The van der Waals surface area contributed by atoms with E-state index in [1.165, 1.54) is 26.4 Å². The van der Waals surface area contributed by atoms with Crippen molar-refractivity contribution in [3.05, 3.63) is 31.3 Å². The fourth-order valence-corrected chi connectivity index (χ4v) is 1.94. The molecule has 0 radical (unpaired) electrons. The van der Waals surface area contributed by atoms with E-state index in [0.717, 1.165) is 12.5 Å². The molecule has 9 heteroatoms. The number of hydrogen-bond acceptors (Lipinski definition) is 6. The molecule has 0 saturated carbocycles. The molecule has 1 amide bonds. The summed E-state index contributed by atoms with van der Waals surface area (Å²) in [6.45, 7) is 3.31. The SMILES string of the molecule is C=COC(=NC)C(=O)Nc1cncc(S(=O)(=O)NC)c1. The number of nitrogens with one attached hydrogen (secondary N) is 2. The molecule has 108 valence electrons. The Morgan fingerprint density at radius 2 is 2.20 bits per heavy atom. The first kappa shape index (κ1) is 15.8. The number of anilines is 1. The zero-order valence-corrected chi connectivity index (χ0v) is 11.8. The van der Waals surface area contributed by atoms with Crippen LogP contribution in [0.5, 0.6) is 0 Å². The van der Waals surface area contributed by atoms with Gasteiger partial charge in [0.25, 0.3) is 5.90 Å². The summed E-state index contributed by atoms with van der Waals surface area (Å²) in [7, 11) is -0.982. The second-order valence-corrected chi connectivity index (χ2v) is 5.27. The smallest absolute Gasteiger partial charge is 0.311 e. The van der Waals surface area contributed by atoms with Crippen molar-refractivity contribution in [2.75, 3.05) is 19.4 Å². The van der Waals surface area contributed by atoms with Crippen molar-refractivity contribution in [1.82, 2.24) is 9.71 Å². The van der Waals surface area contributed by atoms with Gasteiger partial charge in [0, 0.05) is 13.2 Å². The summed E-state index contributed by atoms with van der Waals surface area (Å²) in [5.74, 6) is -0.852. The number of ether oxygens (including phenoxy) is 1. The van der Waals surface area contributed by atoms with Crippen LogP contribution in [-0.4, -0.2) is 39.3 Å². The number of aliphatic imine (C=N–C) groups is 1. The van der Waals surface area contributed by atoms with Crippen molar-refractivity contribution in [2.45, 2.75) is 4.90 Å². The van der Waals surface area contributed by atoms with E-state index in [9.17, 15) is 13.2 Å². The van der Waals surface area contributed by atoms with Gasteiger partial charge >= 0.3 is 5.91 Å². The van der Waals surface area contributed by atoms with Crippen LogP contribution in [0.15, 0.2) is 41.2 Å². The number of hydrogen-bond donors (Lipinski definition) is 2. The van der Waals surface area contributed by atoms with Crippen molar-refractivity contribution in [2.24, 2.45) is 4.99 Å². The average molecular weight is 298 g/mol. The van der Waals surface area contributed by atoms with Crippen LogP contribution in [0.25, 0.3) is 0 Å². The normalized spacial score (nSPS) is 11.8. The maximum Gasteiger partial charge on any atom is 0.311 e. The van der Waals surface area contributed by atoms with Gasteiger partial charge in [0.05, 0.1) is 18.1 Å². The summed E-state index contributed by atoms with van der Waals surface area (Å²) < 4.78 is 30.2. The number of nitrogens with zero attached hydrogens (tertiary/aromatic N) is 2. The number of carbonyl (C=O) groups excluding carboxylic acids is 1. The highest BCUT2D eigenvalue weighted by molar-refractivity contribution is 7.89. The van der Waals surface area contributed by atoms with Gasteiger partial charge in [-0.1, -0.05) is 6.58 Å². The Hall–Kier alpha value is -2.26. The molecule has 0 aromatic carbocycles. The van der Waals surface area contributed by atoms with E-state index in [0.29, 0.717) is 0 Å². The maximum absolute atomic E-state index is 11.8. The van der Waals surface area contributed by atoms with Gasteiger partial charge in [-0.2, -0.15) is 0 Å². The molecular weight excluding hydrogens is 284 g/mol. The van der Waals surface area contributed by atoms with E-state index < -0.39 is 15.9 Å². The summed E-state index contributed by atoms with van der Waals surface area (Å²) in [4.78, 5) is 19.1. The third-order valence-corrected chi connectivity index (χ3v) is 3.52. The van der Waals surface area contributed by atoms with Crippen LogP contribution >= 0.6 is 0 Å². The van der Waals surface area contributed by atoms with Crippen molar-refractivity contribution >= 4 is 27.5 Å². The summed E-state index contributed by atoms with van der Waals surface area (Å²) in [6, 6.07) is 1.26. The molecule has 0 unspecified atom stereocenters. The van der Waals surface area contributed by atoms with Crippen LogP contribution in [0.3, 0.4) is 0 Å². The molecule has 0 fully saturated rings. The summed E-state index contributed by atoms with van der Waals surface area (Å²) in [5, 5.41) is 2.42. The van der Waals surface area contributed by atoms with Crippen LogP contribution in [0, 0.1) is 0 Å². The monoisotopic (exact) mass is 298 g/mol. The lowest BCUT2D eigenvalue weighted by molar-refractivity contribution is -0.111. The van der Waals surface area contributed by atoms with Gasteiger partial charge in [0.1, 0.15) is 4.90 Å². The minimum absolute atomic E-state index is 0.0718. The molecule has 0 aliphatic carbocycles. The number of amides is 1. The number of aromatic nitrogens is 1. The minimum atomic E-state index is -3.63. The first-order valence-corrected chi connectivity index (χ1v) is 6.87. The van der Waals surface area contributed by atoms with E-state index in [2.05, 4.69) is 26.6 Å². The zero-order chi connectivity index (χ0) is 15.2. The predicted octanol–water partition coefficient (Wildman–Crippen LogP) is 0.117. The molecule has 0 aliphatic rings. The van der Waals surface area contributed by atoms with Gasteiger partial charge in [0.2, 0.25) is 10.0 Å². The summed E-state index contributed by atoms with van der Waals surface area (Å²) in [5.41, 5.74) is 0.195. The summed E-state index contributed by atoms with van der Waals surface area (Å²) in [6.07, 6.45) is 3.52. The third kappa shape index (κ3) is 3.87. The van der Waals surface area contributed by atoms with E-state index >= 15 is 0 Å². The van der Waals surface area contributed by atoms with Gasteiger partial charge in [0.15, 0.2) is 0 Å². The molecule has 0 atom stereocenters. The molecule has 0 spiro atoms. The molecule has 20 heavy (non-hydrogen) atoms. The molecule has 1 aromatic heterocycles. The Kier molecular flexibility index (Phi) is 5.35. The molecular formula is C11H14N4O4S. The van der Waals surface area contributed by atoms with E-state index in [-0.39, 0.29) is 16.5 Å². The van der Waals surface area contributed by atoms with Crippen LogP contribution in [-0.2, 0) is 19.6 Å². The first-order valence-electron chi connectivity index (χ1n) is 5.39. The van der Waals surface area contributed by atoms with Gasteiger partial charge in [-0.15, -0.1) is 0 Å². The molecule has 8 nitrogen and oxygen atoms in total. The zero-order valence-electron chi connectivity index (χ0n) is 11.0. The molecule has 1 rings (SSSR count). The van der Waals surface area contributed by atoms with Gasteiger partial charge < -0.3 is 10.1 Å². The lowest BCUT2D eigenvalue weighted by Gasteiger charge is -2.07. The highest BCUT2D eigenvalue weighted by Gasteiger charge is 2.15. The maximum atomic E-state index is 11.8. The fraction of sp³-hybridized carbons (Fsp3) is 0.182. The second kappa shape index (κ2) is 6.78. The Bertz CT molecular complexity index is 640. The molecule has 1 heterocycles. The lowest BCUT2D eigenvalue weighted by Crippen LogP contribution is -2.24. The van der Waals surface area contributed by atoms with Crippen LogP contribution in [0.2, 0.25) is 0 Å². The van der Waals surface area contributed by atoms with E-state index in [1.807, 2.05) is 0 Å². The third-order valence-electron chi connectivity index (χ3n) is 2.14. The van der Waals surface area contributed by atoms with Gasteiger partial charge in [-0.3, -0.25) is 9.78 Å². The molecule has 0 aliphatic heterocycles. The largest absolute Gasteiger partial charge is 0.444 e. The molecule has 0 bridgehead atoms. The quantitative estimate of drug-likeness (QED) is 0.466. The van der Waals surface area contributed by atoms with Crippen molar-refractivity contribution < 1.29 is 17.9 Å². The van der Waals surface area contributed by atoms with Crippen molar-refractivity contribution in [3.8, 4) is 0 Å². The van der Waals surface area contributed by atoms with Gasteiger partial charge in [-0.25, -0.2) is 18.1 Å². The van der Waals surface area contributed by atoms with E-state index in [1.54, 1.807) is 0 Å². The fourth-order valence-electron chi connectivity index (χ4n) is 1.22. The number of rotatable bonds is 4. The van der Waals surface area contributed by atoms with Crippen LogP contribution < -0.4 is 10.0 Å². The Morgan fingerprint density at radius 3 is 2.75 bits per heavy atom. The highest BCUT2D eigenvalue weighted by atomic mass is 32.2. The minimum Gasteiger partial charge on any atom is -0.444 e. The predicted molar refractivity (Wildman–Crippen MR) is 73.8 cm³/mol. The van der Waals surface area contributed by atoms with Crippen molar-refractivity contribution in [1.29, 1.82) is 0 Å². The average Bonchev–Trinajstić information content (AvgIpc) is 2.44. The second-order valence-electron chi connectivity index (χ2n) is 3.38. The van der Waals surface area contributed by atoms with E-state index in [4.69, 9.17) is 4.74 Å². The highest BCUT2D eigenvalue weighted by Crippen LogP contribution is 2.13. The number of sulfonamides is 1. The first-order chi connectivity index (χ1) is 9.44. The standard InChI is InChI=1S/C11H14N4O4S/c1-4-19-11(12-2)10(16)15-8-5-9(7-14-6-8)20(17,18)13-3/h4-7,13H,1H2,2-3H3,(H,15,16). The Balaban J connectivity index is 2.97. The Morgan fingerprint density at radius 1 is 1.50 bits per heavy atom. The topological polar surface area (TPSA) is 110 Å². The molecule has 2 N–H and O–H groups in total.